The highest BCUT2D eigenvalue weighted by molar-refractivity contribution is 5.85. The van der Waals surface area contributed by atoms with Crippen molar-refractivity contribution in [1.82, 2.24) is 0 Å². The predicted octanol–water partition coefficient (Wildman–Crippen LogP) is 6.71. The Morgan fingerprint density at radius 1 is 0.710 bits per heavy atom. The maximum atomic E-state index is 11.4. The molecule has 0 fully saturated rings. The molecule has 0 aliphatic rings. The van der Waals surface area contributed by atoms with E-state index in [1.165, 1.54) is 0 Å². The zero-order chi connectivity index (χ0) is 21.6. The molecular weight excluding hydrogens is 384 g/mol. The van der Waals surface area contributed by atoms with Crippen molar-refractivity contribution >= 4 is 5.97 Å². The van der Waals surface area contributed by atoms with Crippen molar-refractivity contribution in [1.29, 1.82) is 0 Å². The maximum absolute atomic E-state index is 11.4. The average Bonchev–Trinajstić information content (AvgIpc) is 2.83. The minimum absolute atomic E-state index is 0.0849. The third kappa shape index (κ3) is 4.67. The molecule has 0 saturated carbocycles. The summed E-state index contributed by atoms with van der Waals surface area (Å²) in [5.74, 6) is 0.0191. The number of benzene rings is 4. The van der Waals surface area contributed by atoms with Crippen LogP contribution in [0.25, 0.3) is 33.4 Å². The molecule has 4 aromatic carbocycles. The third-order valence-electron chi connectivity index (χ3n) is 5.43. The predicted molar refractivity (Wildman–Crippen MR) is 125 cm³/mol. The molecule has 3 nitrogen and oxygen atoms in total. The Bertz CT molecular complexity index is 1100. The van der Waals surface area contributed by atoms with E-state index in [2.05, 4.69) is 48.5 Å². The van der Waals surface area contributed by atoms with Crippen molar-refractivity contribution in [3.63, 3.8) is 0 Å². The molecule has 0 amide bonds. The summed E-state index contributed by atoms with van der Waals surface area (Å²) < 4.78 is 5.31. The highest BCUT2D eigenvalue weighted by Gasteiger charge is 2.16. The topological polar surface area (TPSA) is 46.5 Å². The molecule has 0 aromatic heterocycles. The van der Waals surface area contributed by atoms with Crippen LogP contribution in [-0.2, 0) is 11.2 Å². The number of ether oxygens (including phenoxy) is 1. The van der Waals surface area contributed by atoms with Crippen LogP contribution in [0.5, 0.6) is 5.75 Å². The van der Waals surface area contributed by atoms with Gasteiger partial charge in [-0.15, -0.1) is 0 Å². The summed E-state index contributed by atoms with van der Waals surface area (Å²) in [6.07, 6.45) is 0.550. The minimum Gasteiger partial charge on any atom is -0.497 e. The van der Waals surface area contributed by atoms with Gasteiger partial charge in [0.25, 0.3) is 0 Å². The van der Waals surface area contributed by atoms with E-state index >= 15 is 0 Å². The lowest BCUT2D eigenvalue weighted by atomic mass is 9.86. The first-order valence-electron chi connectivity index (χ1n) is 10.3. The molecule has 0 aliphatic heterocycles. The van der Waals surface area contributed by atoms with Gasteiger partial charge in [0.2, 0.25) is 0 Å². The Morgan fingerprint density at radius 3 is 1.68 bits per heavy atom. The van der Waals surface area contributed by atoms with Gasteiger partial charge in [-0.1, -0.05) is 72.8 Å². The summed E-state index contributed by atoms with van der Waals surface area (Å²) >= 11 is 0. The third-order valence-corrected chi connectivity index (χ3v) is 5.43. The van der Waals surface area contributed by atoms with E-state index in [0.29, 0.717) is 6.42 Å². The van der Waals surface area contributed by atoms with Crippen LogP contribution in [0.1, 0.15) is 12.0 Å². The second kappa shape index (κ2) is 9.31. The van der Waals surface area contributed by atoms with Crippen LogP contribution in [0.15, 0.2) is 97.1 Å². The standard InChI is InChI=1S/C28H24O3/c1-31-24-14-12-20(13-15-24)23-18-26(21-8-4-2-5-9-21)25(16-17-28(29)30)27(19-23)22-10-6-3-7-11-22/h2-15,18-19H,16-17H2,1H3,(H,29,30). The molecule has 0 heterocycles. The summed E-state index contributed by atoms with van der Waals surface area (Å²) in [4.78, 5) is 11.4. The molecular formula is C28H24O3. The smallest absolute Gasteiger partial charge is 0.303 e. The Kier molecular flexibility index (Phi) is 6.13. The van der Waals surface area contributed by atoms with Crippen molar-refractivity contribution < 1.29 is 14.6 Å². The van der Waals surface area contributed by atoms with E-state index in [1.54, 1.807) is 7.11 Å². The molecule has 1 N–H and O–H groups in total. The van der Waals surface area contributed by atoms with Crippen LogP contribution in [0.2, 0.25) is 0 Å². The van der Waals surface area contributed by atoms with Crippen LogP contribution in [0.3, 0.4) is 0 Å². The quantitative estimate of drug-likeness (QED) is 0.369. The number of methoxy groups -OCH3 is 1. The zero-order valence-electron chi connectivity index (χ0n) is 17.4. The van der Waals surface area contributed by atoms with Gasteiger partial charge in [0.15, 0.2) is 0 Å². The molecule has 0 saturated heterocycles. The van der Waals surface area contributed by atoms with Crippen LogP contribution >= 0.6 is 0 Å². The second-order valence-electron chi connectivity index (χ2n) is 7.40. The fourth-order valence-corrected chi connectivity index (χ4v) is 3.87. The lowest BCUT2D eigenvalue weighted by Gasteiger charge is -2.18. The van der Waals surface area contributed by atoms with Gasteiger partial charge in [-0.3, -0.25) is 4.79 Å². The molecule has 0 aliphatic carbocycles. The number of carboxylic acids is 1. The molecule has 154 valence electrons. The summed E-state index contributed by atoms with van der Waals surface area (Å²) in [7, 11) is 1.66. The number of carboxylic acid groups (broad SMARTS) is 1. The molecule has 0 bridgehead atoms. The summed E-state index contributed by atoms with van der Waals surface area (Å²) in [5.41, 5.74) is 7.50. The van der Waals surface area contributed by atoms with E-state index in [-0.39, 0.29) is 6.42 Å². The molecule has 31 heavy (non-hydrogen) atoms. The van der Waals surface area contributed by atoms with Crippen LogP contribution in [0.4, 0.5) is 0 Å². The highest BCUT2D eigenvalue weighted by Crippen LogP contribution is 2.38. The Labute approximate surface area is 182 Å². The average molecular weight is 408 g/mol. The second-order valence-corrected chi connectivity index (χ2v) is 7.40. The number of carbonyl (C=O) groups is 1. The number of hydrogen-bond donors (Lipinski definition) is 1. The van der Waals surface area contributed by atoms with Gasteiger partial charge in [0.1, 0.15) is 5.75 Å². The number of rotatable bonds is 7. The first kappa shape index (κ1) is 20.4. The van der Waals surface area contributed by atoms with E-state index in [4.69, 9.17) is 4.74 Å². The van der Waals surface area contributed by atoms with Crippen molar-refractivity contribution in [2.75, 3.05) is 7.11 Å². The van der Waals surface area contributed by atoms with E-state index < -0.39 is 5.97 Å². The van der Waals surface area contributed by atoms with Crippen molar-refractivity contribution in [2.45, 2.75) is 12.8 Å². The Morgan fingerprint density at radius 2 is 1.23 bits per heavy atom. The van der Waals surface area contributed by atoms with Gasteiger partial charge in [-0.05, 0) is 69.6 Å². The largest absolute Gasteiger partial charge is 0.497 e. The van der Waals surface area contributed by atoms with Gasteiger partial charge in [0.05, 0.1) is 7.11 Å². The lowest BCUT2D eigenvalue weighted by molar-refractivity contribution is -0.136. The molecule has 3 heteroatoms. The van der Waals surface area contributed by atoms with Crippen molar-refractivity contribution in [3.8, 4) is 39.1 Å². The summed E-state index contributed by atoms with van der Waals surface area (Å²) in [6, 6.07) is 32.7. The normalized spacial score (nSPS) is 10.6. The van der Waals surface area contributed by atoms with Gasteiger partial charge in [-0.25, -0.2) is 0 Å². The van der Waals surface area contributed by atoms with Crippen LogP contribution < -0.4 is 4.74 Å². The molecule has 0 radical (unpaired) electrons. The Balaban J connectivity index is 1.96. The Hall–Kier alpha value is -3.85. The van der Waals surface area contributed by atoms with Crippen LogP contribution in [-0.4, -0.2) is 18.2 Å². The van der Waals surface area contributed by atoms with Gasteiger partial charge in [-0.2, -0.15) is 0 Å². The lowest BCUT2D eigenvalue weighted by Crippen LogP contribution is -2.02. The van der Waals surface area contributed by atoms with Crippen molar-refractivity contribution in [3.05, 3.63) is 103 Å². The van der Waals surface area contributed by atoms with Gasteiger partial charge in [0, 0.05) is 6.42 Å². The minimum atomic E-state index is -0.794. The first-order valence-corrected chi connectivity index (χ1v) is 10.3. The van der Waals surface area contributed by atoms with E-state index in [9.17, 15) is 9.90 Å². The summed E-state index contributed by atoms with van der Waals surface area (Å²) in [6.45, 7) is 0. The molecule has 4 rings (SSSR count). The molecule has 0 spiro atoms. The highest BCUT2D eigenvalue weighted by atomic mass is 16.5. The fourth-order valence-electron chi connectivity index (χ4n) is 3.87. The number of hydrogen-bond acceptors (Lipinski definition) is 2. The molecule has 0 unspecified atom stereocenters. The fraction of sp³-hybridized carbons (Fsp3) is 0.107. The van der Waals surface area contributed by atoms with Crippen LogP contribution in [0, 0.1) is 0 Å². The molecule has 0 atom stereocenters. The van der Waals surface area contributed by atoms with Gasteiger partial charge < -0.3 is 9.84 Å². The maximum Gasteiger partial charge on any atom is 0.303 e. The van der Waals surface area contributed by atoms with Gasteiger partial charge >= 0.3 is 5.97 Å². The molecule has 4 aromatic rings. The van der Waals surface area contributed by atoms with E-state index in [0.717, 1.165) is 44.7 Å². The first-order chi connectivity index (χ1) is 15.2. The monoisotopic (exact) mass is 408 g/mol. The SMILES string of the molecule is COc1ccc(-c2cc(-c3ccccc3)c(CCC(=O)O)c(-c3ccccc3)c2)cc1. The van der Waals surface area contributed by atoms with E-state index in [1.807, 2.05) is 48.5 Å². The number of aliphatic carboxylic acids is 1. The van der Waals surface area contributed by atoms with Crippen molar-refractivity contribution in [2.24, 2.45) is 0 Å². The zero-order valence-corrected chi connectivity index (χ0v) is 17.4. The summed E-state index contributed by atoms with van der Waals surface area (Å²) in [5, 5.41) is 9.37.